The van der Waals surface area contributed by atoms with E-state index in [0.29, 0.717) is 16.5 Å². The Morgan fingerprint density at radius 2 is 2.06 bits per heavy atom. The zero-order valence-electron chi connectivity index (χ0n) is 17.8. The lowest BCUT2D eigenvalue weighted by Gasteiger charge is -2.25. The van der Waals surface area contributed by atoms with Gasteiger partial charge >= 0.3 is 0 Å². The molecule has 8 nitrogen and oxygen atoms in total. The molecule has 1 aromatic carbocycles. The fourth-order valence-electron chi connectivity index (χ4n) is 4.46. The number of hydrogen-bond acceptors (Lipinski definition) is 7. The number of halogens is 1. The fourth-order valence-corrected chi connectivity index (χ4v) is 4.65. The molecular weight excluding hydrogens is 444 g/mol. The Morgan fingerprint density at radius 3 is 2.94 bits per heavy atom. The molecule has 5 atom stereocenters. The minimum Gasteiger partial charge on any atom is -0.491 e. The molecular formula is C24H21ClN4O4. The molecule has 2 aliphatic heterocycles. The van der Waals surface area contributed by atoms with E-state index < -0.39 is 12.0 Å². The zero-order chi connectivity index (χ0) is 22.6. The third-order valence-corrected chi connectivity index (χ3v) is 6.42. The van der Waals surface area contributed by atoms with Crippen LogP contribution in [0.25, 0.3) is 21.9 Å². The van der Waals surface area contributed by atoms with Crippen LogP contribution in [0.3, 0.4) is 0 Å². The van der Waals surface area contributed by atoms with E-state index >= 15 is 0 Å². The normalized spacial score (nSPS) is 28.9. The van der Waals surface area contributed by atoms with Gasteiger partial charge in [-0.3, -0.25) is 4.98 Å². The lowest BCUT2D eigenvalue weighted by Crippen LogP contribution is -2.34. The first-order chi connectivity index (χ1) is 16.0. The fraction of sp³-hybridized carbons (Fsp3) is 0.292. The van der Waals surface area contributed by atoms with Crippen LogP contribution in [0.5, 0.6) is 5.75 Å². The minimum atomic E-state index is -0.919. The molecule has 2 fully saturated rings. The van der Waals surface area contributed by atoms with Gasteiger partial charge in [0, 0.05) is 23.8 Å². The van der Waals surface area contributed by atoms with Crippen molar-refractivity contribution in [2.24, 2.45) is 0 Å². The number of fused-ring (bicyclic) bond motifs is 3. The molecule has 0 radical (unpaired) electrons. The summed E-state index contributed by atoms with van der Waals surface area (Å²) in [4.78, 5) is 12.8. The van der Waals surface area contributed by atoms with E-state index in [0.717, 1.165) is 16.3 Å². The lowest BCUT2D eigenvalue weighted by molar-refractivity contribution is -0.182. The Balaban J connectivity index is 1.29. The van der Waals surface area contributed by atoms with E-state index in [4.69, 9.17) is 30.5 Å². The van der Waals surface area contributed by atoms with Crippen LogP contribution < -0.4 is 4.74 Å². The molecule has 2 saturated heterocycles. The van der Waals surface area contributed by atoms with Gasteiger partial charge in [0.1, 0.15) is 47.8 Å². The topological polar surface area (TPSA) is 80.5 Å². The maximum absolute atomic E-state index is 6.40. The molecule has 0 spiro atoms. The van der Waals surface area contributed by atoms with Crippen molar-refractivity contribution in [3.63, 3.8) is 0 Å². The van der Waals surface area contributed by atoms with Crippen molar-refractivity contribution in [1.29, 1.82) is 0 Å². The molecule has 5 heterocycles. The summed E-state index contributed by atoms with van der Waals surface area (Å²) in [6, 6.07) is 11.6. The Hall–Kier alpha value is -3.04. The number of aromatic nitrogens is 4. The minimum absolute atomic E-state index is 0.279. The molecule has 0 saturated carbocycles. The van der Waals surface area contributed by atoms with Gasteiger partial charge in [-0.1, -0.05) is 24.2 Å². The van der Waals surface area contributed by atoms with Crippen LogP contribution in [-0.2, 0) is 14.2 Å². The smallest absolute Gasteiger partial charge is 0.185 e. The van der Waals surface area contributed by atoms with E-state index in [9.17, 15) is 0 Å². The maximum atomic E-state index is 6.40. The van der Waals surface area contributed by atoms with Crippen LogP contribution in [0.2, 0.25) is 5.15 Å². The van der Waals surface area contributed by atoms with E-state index in [2.05, 4.69) is 21.5 Å². The predicted octanol–water partition coefficient (Wildman–Crippen LogP) is 4.30. The van der Waals surface area contributed by atoms with Crippen molar-refractivity contribution in [3.05, 3.63) is 72.9 Å². The average molecular weight is 465 g/mol. The highest BCUT2D eigenvalue weighted by Gasteiger charge is 2.56. The molecule has 2 aliphatic rings. The Labute approximate surface area is 194 Å². The van der Waals surface area contributed by atoms with Gasteiger partial charge < -0.3 is 23.5 Å². The summed E-state index contributed by atoms with van der Waals surface area (Å²) in [5.41, 5.74) is 1.53. The molecule has 0 amide bonds. The number of benzene rings is 1. The number of nitrogens with zero attached hydrogens (tertiary/aromatic N) is 4. The summed E-state index contributed by atoms with van der Waals surface area (Å²) in [7, 11) is 0. The van der Waals surface area contributed by atoms with E-state index in [1.165, 1.54) is 6.33 Å². The molecule has 0 bridgehead atoms. The van der Waals surface area contributed by atoms with E-state index in [1.807, 2.05) is 54.1 Å². The van der Waals surface area contributed by atoms with Crippen LogP contribution in [-0.4, -0.2) is 50.2 Å². The van der Waals surface area contributed by atoms with Crippen molar-refractivity contribution in [1.82, 2.24) is 19.5 Å². The van der Waals surface area contributed by atoms with Gasteiger partial charge in [-0.2, -0.15) is 0 Å². The van der Waals surface area contributed by atoms with Crippen molar-refractivity contribution in [3.8, 4) is 5.75 Å². The summed E-state index contributed by atoms with van der Waals surface area (Å²) in [5, 5.41) is 2.18. The van der Waals surface area contributed by atoms with Crippen molar-refractivity contribution >= 4 is 33.5 Å². The number of ether oxygens (including phenoxy) is 4. The molecule has 6 rings (SSSR count). The van der Waals surface area contributed by atoms with E-state index in [1.54, 1.807) is 12.3 Å². The largest absolute Gasteiger partial charge is 0.491 e. The Bertz CT molecular complexity index is 1360. The number of hydrogen-bond donors (Lipinski definition) is 0. The summed E-state index contributed by atoms with van der Waals surface area (Å²) in [5.74, 6) is -0.209. The highest BCUT2D eigenvalue weighted by atomic mass is 35.5. The molecule has 4 aromatic rings. The van der Waals surface area contributed by atoms with Crippen LogP contribution in [0, 0.1) is 0 Å². The molecule has 33 heavy (non-hydrogen) atoms. The molecule has 0 aliphatic carbocycles. The second kappa shape index (κ2) is 7.78. The van der Waals surface area contributed by atoms with E-state index in [-0.39, 0.29) is 24.9 Å². The first kappa shape index (κ1) is 20.6. The standard InChI is InChI=1S/C24H21ClN4O4/c1-3-24(2)32-19-18(12-30-15-7-6-14-5-4-9-26-17(14)11-15)31-23(20(19)33-24)29-10-8-16-21(25)27-13-28-22(16)29/h3-11,13,18-20,23H,1,12H2,2H3/t18-,19-,20-,23-,24?/m1/s1. The summed E-state index contributed by atoms with van der Waals surface area (Å²) in [6.07, 6.45) is 5.12. The van der Waals surface area contributed by atoms with Crippen LogP contribution in [0.1, 0.15) is 13.2 Å². The molecule has 0 N–H and O–H groups in total. The number of pyridine rings is 1. The van der Waals surface area contributed by atoms with Crippen LogP contribution in [0.4, 0.5) is 0 Å². The Morgan fingerprint density at radius 1 is 1.18 bits per heavy atom. The van der Waals surface area contributed by atoms with Crippen LogP contribution in [0.15, 0.2) is 67.8 Å². The Kier molecular flexibility index (Phi) is 4.84. The zero-order valence-corrected chi connectivity index (χ0v) is 18.6. The summed E-state index contributed by atoms with van der Waals surface area (Å²) in [6.45, 7) is 5.99. The monoisotopic (exact) mass is 464 g/mol. The third-order valence-electron chi connectivity index (χ3n) is 6.12. The second-order valence-electron chi connectivity index (χ2n) is 8.24. The van der Waals surface area contributed by atoms with Crippen molar-refractivity contribution in [2.45, 2.75) is 37.3 Å². The molecule has 168 valence electrons. The van der Waals surface area contributed by atoms with Gasteiger partial charge in [0.05, 0.1) is 10.9 Å². The van der Waals surface area contributed by atoms with Gasteiger partial charge in [0.15, 0.2) is 12.0 Å². The van der Waals surface area contributed by atoms with Gasteiger partial charge in [0.25, 0.3) is 0 Å². The maximum Gasteiger partial charge on any atom is 0.185 e. The van der Waals surface area contributed by atoms with Gasteiger partial charge in [-0.05, 0) is 37.3 Å². The van der Waals surface area contributed by atoms with Crippen molar-refractivity contribution < 1.29 is 18.9 Å². The molecule has 3 aromatic heterocycles. The van der Waals surface area contributed by atoms with Gasteiger partial charge in [0.2, 0.25) is 0 Å². The molecule has 1 unspecified atom stereocenters. The van der Waals surface area contributed by atoms with Gasteiger partial charge in [-0.15, -0.1) is 0 Å². The quantitative estimate of drug-likeness (QED) is 0.322. The summed E-state index contributed by atoms with van der Waals surface area (Å²) >= 11 is 6.24. The first-order valence-electron chi connectivity index (χ1n) is 10.6. The second-order valence-corrected chi connectivity index (χ2v) is 8.60. The highest BCUT2D eigenvalue weighted by Crippen LogP contribution is 2.44. The molecule has 9 heteroatoms. The highest BCUT2D eigenvalue weighted by molar-refractivity contribution is 6.33. The third kappa shape index (κ3) is 3.46. The lowest BCUT2D eigenvalue weighted by atomic mass is 10.1. The van der Waals surface area contributed by atoms with Crippen molar-refractivity contribution in [2.75, 3.05) is 6.61 Å². The van der Waals surface area contributed by atoms with Crippen LogP contribution >= 0.6 is 11.6 Å². The summed E-state index contributed by atoms with van der Waals surface area (Å²) < 4.78 is 26.9. The predicted molar refractivity (Wildman–Crippen MR) is 122 cm³/mol. The SMILES string of the molecule is C=CC1(C)O[C@@H]2[C@H](O1)[C@@H](COc1ccc3cccnc3c1)O[C@H]2n1ccc2c(Cl)ncnc21. The number of rotatable bonds is 5. The first-order valence-corrected chi connectivity index (χ1v) is 11.0. The van der Waals surface area contributed by atoms with Gasteiger partial charge in [-0.25, -0.2) is 9.97 Å². The average Bonchev–Trinajstić information content (AvgIpc) is 3.50.